The Morgan fingerprint density at radius 1 is 1.28 bits per heavy atom. The Morgan fingerprint density at radius 2 is 1.83 bits per heavy atom. The maximum atomic E-state index is 12.6. The molecule has 5 nitrogen and oxygen atoms in total. The number of halogens is 4. The second-order valence-corrected chi connectivity index (χ2v) is 4.13. The molecule has 0 bridgehead atoms. The van der Waals surface area contributed by atoms with E-state index < -0.39 is 21.8 Å². The Balaban J connectivity index is 0.000000360. The van der Waals surface area contributed by atoms with Crippen LogP contribution in [0.3, 0.4) is 0 Å². The van der Waals surface area contributed by atoms with E-state index in [1.54, 1.807) is 6.92 Å². The van der Waals surface area contributed by atoms with Crippen LogP contribution < -0.4 is 0 Å². The van der Waals surface area contributed by atoms with Gasteiger partial charge in [0.15, 0.2) is 0 Å². The van der Waals surface area contributed by atoms with Crippen LogP contribution in [0.1, 0.15) is 20.3 Å². The first kappa shape index (κ1) is 17.0. The van der Waals surface area contributed by atoms with Gasteiger partial charge in [-0.05, 0) is 13.3 Å². The van der Waals surface area contributed by atoms with Crippen molar-refractivity contribution >= 4 is 10.5 Å². The van der Waals surface area contributed by atoms with E-state index in [0.717, 1.165) is 12.4 Å². The fourth-order valence-corrected chi connectivity index (χ4v) is 1.31. The van der Waals surface area contributed by atoms with Crippen LogP contribution in [0.2, 0.25) is 0 Å². The summed E-state index contributed by atoms with van der Waals surface area (Å²) in [5.74, 6) is 0. The number of nitrogens with zero attached hydrogens (tertiary/aromatic N) is 2. The Kier molecular flexibility index (Phi) is 6.39. The molecule has 1 rings (SSSR count). The molecule has 0 N–H and O–H groups in total. The zero-order valence-electron chi connectivity index (χ0n) is 9.82. The average Bonchev–Trinajstić information content (AvgIpc) is 2.44. The van der Waals surface area contributed by atoms with Crippen LogP contribution in [-0.4, -0.2) is 37.8 Å². The highest BCUT2D eigenvalue weighted by Crippen LogP contribution is 2.30. The van der Waals surface area contributed by atoms with Crippen molar-refractivity contribution in [3.05, 3.63) is 12.4 Å². The van der Waals surface area contributed by atoms with Gasteiger partial charge in [0.1, 0.15) is 0 Å². The third-order valence-electron chi connectivity index (χ3n) is 1.70. The SMILES string of the molecule is CCCN1C=CN(F)C1(F)F.CCOS(=O)(=O)F. The van der Waals surface area contributed by atoms with Gasteiger partial charge in [-0.3, -0.25) is 4.90 Å². The highest BCUT2D eigenvalue weighted by molar-refractivity contribution is 7.81. The summed E-state index contributed by atoms with van der Waals surface area (Å²) in [5.41, 5.74) is 0. The molecule has 0 amide bonds. The van der Waals surface area contributed by atoms with Crippen molar-refractivity contribution < 1.29 is 29.7 Å². The third kappa shape index (κ3) is 5.54. The lowest BCUT2D eigenvalue weighted by molar-refractivity contribution is -0.263. The normalized spacial score (nSPS) is 17.7. The predicted octanol–water partition coefficient (Wildman–Crippen LogP) is 2.16. The molecular weight excluding hydrogens is 280 g/mol. The molecule has 0 unspecified atom stereocenters. The van der Waals surface area contributed by atoms with Crippen LogP contribution in [-0.2, 0) is 14.7 Å². The van der Waals surface area contributed by atoms with E-state index in [9.17, 15) is 25.6 Å². The number of alkyl halides is 2. The number of hydrogen-bond acceptors (Lipinski definition) is 5. The predicted molar refractivity (Wildman–Crippen MR) is 55.7 cm³/mol. The molecule has 0 aromatic rings. The van der Waals surface area contributed by atoms with Crippen LogP contribution in [0, 0.1) is 0 Å². The Hall–Kier alpha value is -1.03. The van der Waals surface area contributed by atoms with Crippen LogP contribution in [0.5, 0.6) is 0 Å². The lowest BCUT2D eigenvalue weighted by Crippen LogP contribution is -2.42. The van der Waals surface area contributed by atoms with Crippen LogP contribution in [0.4, 0.5) is 17.1 Å². The summed E-state index contributed by atoms with van der Waals surface area (Å²) in [6.07, 6.45) is -1.16. The first-order valence-electron chi connectivity index (χ1n) is 5.02. The van der Waals surface area contributed by atoms with Crippen molar-refractivity contribution in [2.45, 2.75) is 26.4 Å². The Morgan fingerprint density at radius 3 is 2.06 bits per heavy atom. The zero-order valence-corrected chi connectivity index (χ0v) is 10.6. The van der Waals surface area contributed by atoms with Gasteiger partial charge in [-0.15, -0.1) is 5.12 Å². The largest absolute Gasteiger partial charge is 0.439 e. The first-order chi connectivity index (χ1) is 8.15. The molecule has 0 spiro atoms. The molecule has 0 fully saturated rings. The standard InChI is InChI=1S/C6H9F3N2.C2H5FO3S/c1-2-3-10-4-5-11(9)6(10,7)8;1-2-6-7(3,4)5/h4-5H,2-3H2,1H3;2H2,1H3. The van der Waals surface area contributed by atoms with E-state index in [0.29, 0.717) is 11.3 Å². The third-order valence-corrected chi connectivity index (χ3v) is 2.22. The van der Waals surface area contributed by atoms with Crippen molar-refractivity contribution in [2.24, 2.45) is 0 Å². The molecule has 0 atom stereocenters. The van der Waals surface area contributed by atoms with Gasteiger partial charge in [-0.25, -0.2) is 4.18 Å². The minimum absolute atomic E-state index is 0.154. The van der Waals surface area contributed by atoms with Gasteiger partial charge in [0.25, 0.3) is 0 Å². The number of rotatable bonds is 4. The van der Waals surface area contributed by atoms with Gasteiger partial charge in [0.05, 0.1) is 12.8 Å². The van der Waals surface area contributed by atoms with Crippen LogP contribution in [0.25, 0.3) is 0 Å². The van der Waals surface area contributed by atoms with Gasteiger partial charge in [0.2, 0.25) is 0 Å². The lowest BCUT2D eigenvalue weighted by Gasteiger charge is -2.25. The first-order valence-corrected chi connectivity index (χ1v) is 6.33. The summed E-state index contributed by atoms with van der Waals surface area (Å²) < 4.78 is 70.8. The van der Waals surface area contributed by atoms with E-state index in [1.807, 2.05) is 0 Å². The second kappa shape index (κ2) is 6.78. The molecule has 0 aromatic heterocycles. The van der Waals surface area contributed by atoms with Crippen LogP contribution in [0.15, 0.2) is 12.4 Å². The molecule has 10 heteroatoms. The minimum atomic E-state index is -4.67. The molecule has 108 valence electrons. The maximum Gasteiger partial charge on any atom is 0.439 e. The monoisotopic (exact) mass is 294 g/mol. The number of hydrogen-bond donors (Lipinski definition) is 0. The van der Waals surface area contributed by atoms with E-state index in [-0.39, 0.29) is 13.2 Å². The fourth-order valence-electron chi connectivity index (χ4n) is 1.03. The Labute approximate surface area is 103 Å². The van der Waals surface area contributed by atoms with E-state index in [1.165, 1.54) is 6.92 Å². The molecule has 0 aromatic carbocycles. The van der Waals surface area contributed by atoms with Crippen molar-refractivity contribution in [2.75, 3.05) is 13.2 Å². The van der Waals surface area contributed by atoms with Crippen molar-refractivity contribution in [3.8, 4) is 0 Å². The van der Waals surface area contributed by atoms with E-state index in [2.05, 4.69) is 4.18 Å². The van der Waals surface area contributed by atoms with Gasteiger partial charge in [-0.1, -0.05) is 15.3 Å². The summed E-state index contributed by atoms with van der Waals surface area (Å²) in [5, 5.41) is -0.595. The Bertz CT molecular complexity index is 375. The van der Waals surface area contributed by atoms with Crippen molar-refractivity contribution in [3.63, 3.8) is 0 Å². The molecule has 18 heavy (non-hydrogen) atoms. The lowest BCUT2D eigenvalue weighted by atomic mass is 10.4. The van der Waals surface area contributed by atoms with Crippen LogP contribution >= 0.6 is 0 Å². The summed E-state index contributed by atoms with van der Waals surface area (Å²) in [6.45, 7) is 3.14. The molecule has 0 saturated heterocycles. The quantitative estimate of drug-likeness (QED) is 0.344. The second-order valence-electron chi connectivity index (χ2n) is 3.11. The topological polar surface area (TPSA) is 49.9 Å². The molecule has 1 heterocycles. The average molecular weight is 294 g/mol. The van der Waals surface area contributed by atoms with Gasteiger partial charge in [-0.2, -0.15) is 17.2 Å². The zero-order chi connectivity index (χ0) is 14.4. The van der Waals surface area contributed by atoms with E-state index in [4.69, 9.17) is 0 Å². The molecular formula is C8H14F4N2O3S. The summed E-state index contributed by atoms with van der Waals surface area (Å²) >= 11 is 0. The molecule has 1 aliphatic heterocycles. The summed E-state index contributed by atoms with van der Waals surface area (Å²) in [6, 6.07) is 0. The molecule has 0 radical (unpaired) electrons. The molecule has 1 aliphatic rings. The van der Waals surface area contributed by atoms with Crippen molar-refractivity contribution in [1.29, 1.82) is 0 Å². The smallest absolute Gasteiger partial charge is 0.297 e. The summed E-state index contributed by atoms with van der Waals surface area (Å²) in [7, 11) is -4.67. The molecule has 0 aliphatic carbocycles. The minimum Gasteiger partial charge on any atom is -0.297 e. The molecule has 0 saturated carbocycles. The fraction of sp³-hybridized carbons (Fsp3) is 0.750. The van der Waals surface area contributed by atoms with Gasteiger partial charge >= 0.3 is 16.7 Å². The highest BCUT2D eigenvalue weighted by atomic mass is 32.3. The highest BCUT2D eigenvalue weighted by Gasteiger charge is 2.45. The van der Waals surface area contributed by atoms with Crippen molar-refractivity contribution in [1.82, 2.24) is 10.0 Å². The maximum absolute atomic E-state index is 12.6. The summed E-state index contributed by atoms with van der Waals surface area (Å²) in [4.78, 5) is 0.660. The van der Waals surface area contributed by atoms with Gasteiger partial charge in [0, 0.05) is 12.7 Å². The van der Waals surface area contributed by atoms with Gasteiger partial charge < -0.3 is 0 Å². The van der Waals surface area contributed by atoms with E-state index >= 15 is 0 Å².